The van der Waals surface area contributed by atoms with Gasteiger partial charge in [0.15, 0.2) is 6.29 Å². The molecule has 1 heterocycles. The van der Waals surface area contributed by atoms with Crippen LogP contribution in [0.5, 0.6) is 0 Å². The normalized spacial score (nSPS) is 18.5. The van der Waals surface area contributed by atoms with Crippen molar-refractivity contribution in [3.05, 3.63) is 48.6 Å². The summed E-state index contributed by atoms with van der Waals surface area (Å²) >= 11 is 0. The number of carbonyl (C=O) groups excluding carboxylic acids is 1. The van der Waals surface area contributed by atoms with Crippen LogP contribution < -0.4 is 5.32 Å². The first kappa shape index (κ1) is 79.2. The Labute approximate surface area is 514 Å². The van der Waals surface area contributed by atoms with Crippen molar-refractivity contribution in [2.75, 3.05) is 13.2 Å². The monoisotopic (exact) mass is 1170 g/mol. The maximum Gasteiger partial charge on any atom is 0.220 e. The molecular weight excluding hydrogens is 1030 g/mol. The predicted molar refractivity (Wildman–Crippen MR) is 355 cm³/mol. The maximum atomic E-state index is 13.1. The molecule has 9 nitrogen and oxygen atoms in total. The van der Waals surface area contributed by atoms with Crippen LogP contribution in [0.1, 0.15) is 361 Å². The van der Waals surface area contributed by atoms with E-state index in [9.17, 15) is 30.3 Å². The van der Waals surface area contributed by atoms with Gasteiger partial charge in [0.1, 0.15) is 24.4 Å². The van der Waals surface area contributed by atoms with E-state index in [4.69, 9.17) is 9.47 Å². The van der Waals surface area contributed by atoms with Gasteiger partial charge in [-0.1, -0.05) is 339 Å². The SMILES string of the molecule is CCCCCCCCCCCCCCC/C=C\C/C=C\CCCCCCCCCCCCCCCCCCCC(=O)NC(COC1OC(CO)C(O)C(O)C1O)C(O)/C=C/CC/C=C/CCCCCCCCCCCCCCCCCCC. The molecule has 0 aromatic rings. The van der Waals surface area contributed by atoms with Gasteiger partial charge in [0.25, 0.3) is 0 Å². The fourth-order valence-electron chi connectivity index (χ4n) is 11.7. The Morgan fingerprint density at radius 3 is 1.08 bits per heavy atom. The molecular formula is C74H139NO8. The first-order valence-corrected chi connectivity index (χ1v) is 36.4. The van der Waals surface area contributed by atoms with Crippen LogP contribution in [0.2, 0.25) is 0 Å². The van der Waals surface area contributed by atoms with Crippen molar-refractivity contribution in [2.45, 2.75) is 403 Å². The maximum absolute atomic E-state index is 13.1. The van der Waals surface area contributed by atoms with Gasteiger partial charge in [0, 0.05) is 6.42 Å². The lowest BCUT2D eigenvalue weighted by atomic mass is 9.99. The lowest BCUT2D eigenvalue weighted by molar-refractivity contribution is -0.302. The molecule has 0 saturated carbocycles. The van der Waals surface area contributed by atoms with Crippen LogP contribution in [0.15, 0.2) is 48.6 Å². The third-order valence-electron chi connectivity index (χ3n) is 17.4. The van der Waals surface area contributed by atoms with Crippen molar-refractivity contribution < 1.29 is 39.8 Å². The smallest absolute Gasteiger partial charge is 0.220 e. The zero-order valence-electron chi connectivity index (χ0n) is 54.7. The molecule has 9 heteroatoms. The lowest BCUT2D eigenvalue weighted by Crippen LogP contribution is -2.60. The third kappa shape index (κ3) is 51.9. The highest BCUT2D eigenvalue weighted by Crippen LogP contribution is 2.23. The van der Waals surface area contributed by atoms with Crippen LogP contribution in [0.25, 0.3) is 0 Å². The van der Waals surface area contributed by atoms with E-state index in [0.29, 0.717) is 6.42 Å². The number of hydrogen-bond donors (Lipinski definition) is 6. The molecule has 0 aromatic carbocycles. The Kier molecular flexibility index (Phi) is 60.3. The van der Waals surface area contributed by atoms with Gasteiger partial charge in [-0.2, -0.15) is 0 Å². The molecule has 0 aromatic heterocycles. The molecule has 83 heavy (non-hydrogen) atoms. The van der Waals surface area contributed by atoms with E-state index < -0.39 is 49.5 Å². The van der Waals surface area contributed by atoms with Gasteiger partial charge in [-0.05, 0) is 64.2 Å². The second-order valence-electron chi connectivity index (χ2n) is 25.4. The second kappa shape index (κ2) is 63.2. The zero-order chi connectivity index (χ0) is 60.0. The quantitative estimate of drug-likeness (QED) is 0.0261. The van der Waals surface area contributed by atoms with Crippen LogP contribution in [0.4, 0.5) is 0 Å². The van der Waals surface area contributed by atoms with Crippen LogP contribution in [-0.2, 0) is 14.3 Å². The van der Waals surface area contributed by atoms with Crippen LogP contribution in [-0.4, -0.2) is 87.5 Å². The van der Waals surface area contributed by atoms with E-state index in [0.717, 1.165) is 44.9 Å². The average molecular weight is 1170 g/mol. The number of ether oxygens (including phenoxy) is 2. The summed E-state index contributed by atoms with van der Waals surface area (Å²) in [4.78, 5) is 13.1. The summed E-state index contributed by atoms with van der Waals surface area (Å²) in [6, 6.07) is -0.823. The molecule has 488 valence electrons. The van der Waals surface area contributed by atoms with Gasteiger partial charge in [0.2, 0.25) is 5.91 Å². The Hall–Kier alpha value is -1.85. The van der Waals surface area contributed by atoms with Crippen molar-refractivity contribution >= 4 is 5.91 Å². The highest BCUT2D eigenvalue weighted by atomic mass is 16.7. The van der Waals surface area contributed by atoms with Crippen molar-refractivity contribution in [3.8, 4) is 0 Å². The summed E-state index contributed by atoms with van der Waals surface area (Å²) in [6.07, 6.45) is 79.5. The minimum Gasteiger partial charge on any atom is -0.394 e. The van der Waals surface area contributed by atoms with Gasteiger partial charge in [-0.3, -0.25) is 4.79 Å². The van der Waals surface area contributed by atoms with Gasteiger partial charge in [-0.15, -0.1) is 0 Å². The van der Waals surface area contributed by atoms with Crippen molar-refractivity contribution in [1.82, 2.24) is 5.32 Å². The summed E-state index contributed by atoms with van der Waals surface area (Å²) in [7, 11) is 0. The van der Waals surface area contributed by atoms with Gasteiger partial charge in [-0.25, -0.2) is 0 Å². The first-order chi connectivity index (χ1) is 40.8. The summed E-state index contributed by atoms with van der Waals surface area (Å²) in [5, 5.41) is 54.7. The summed E-state index contributed by atoms with van der Waals surface area (Å²) in [5.74, 6) is -0.181. The summed E-state index contributed by atoms with van der Waals surface area (Å²) in [5.41, 5.74) is 0. The molecule has 0 aliphatic carbocycles. The first-order valence-electron chi connectivity index (χ1n) is 36.4. The highest BCUT2D eigenvalue weighted by Gasteiger charge is 2.44. The minimum absolute atomic E-state index is 0.181. The molecule has 6 N–H and O–H groups in total. The summed E-state index contributed by atoms with van der Waals surface area (Å²) < 4.78 is 11.3. The highest BCUT2D eigenvalue weighted by molar-refractivity contribution is 5.76. The fourth-order valence-corrected chi connectivity index (χ4v) is 11.7. The van der Waals surface area contributed by atoms with E-state index in [-0.39, 0.29) is 12.5 Å². The van der Waals surface area contributed by atoms with E-state index in [1.165, 1.54) is 295 Å². The molecule has 1 rings (SSSR count). The Balaban J connectivity index is 2.10. The zero-order valence-corrected chi connectivity index (χ0v) is 54.7. The molecule has 0 spiro atoms. The van der Waals surface area contributed by atoms with Crippen LogP contribution in [0, 0.1) is 0 Å². The second-order valence-corrected chi connectivity index (χ2v) is 25.4. The molecule has 0 radical (unpaired) electrons. The number of aliphatic hydroxyl groups is 5. The van der Waals surface area contributed by atoms with Crippen molar-refractivity contribution in [3.63, 3.8) is 0 Å². The lowest BCUT2D eigenvalue weighted by Gasteiger charge is -2.40. The molecule has 1 fully saturated rings. The number of aliphatic hydroxyl groups excluding tert-OH is 5. The summed E-state index contributed by atoms with van der Waals surface area (Å²) in [6.45, 7) is 3.81. The van der Waals surface area contributed by atoms with E-state index in [1.807, 2.05) is 6.08 Å². The molecule has 7 atom stereocenters. The number of amides is 1. The Morgan fingerprint density at radius 1 is 0.410 bits per heavy atom. The van der Waals surface area contributed by atoms with Crippen LogP contribution >= 0.6 is 0 Å². The molecule has 0 bridgehead atoms. The van der Waals surface area contributed by atoms with Gasteiger partial charge in [0.05, 0.1) is 25.4 Å². The van der Waals surface area contributed by atoms with E-state index in [2.05, 4.69) is 55.6 Å². The number of rotatable bonds is 64. The molecule has 1 amide bonds. The van der Waals surface area contributed by atoms with Crippen LogP contribution in [0.3, 0.4) is 0 Å². The largest absolute Gasteiger partial charge is 0.394 e. The number of unbranched alkanes of at least 4 members (excludes halogenated alkanes) is 48. The Morgan fingerprint density at radius 2 is 0.723 bits per heavy atom. The molecule has 1 saturated heterocycles. The van der Waals surface area contributed by atoms with E-state index >= 15 is 0 Å². The molecule has 7 unspecified atom stereocenters. The number of carbonyl (C=O) groups is 1. The van der Waals surface area contributed by atoms with Crippen molar-refractivity contribution in [2.24, 2.45) is 0 Å². The van der Waals surface area contributed by atoms with E-state index in [1.54, 1.807) is 6.08 Å². The number of hydrogen-bond acceptors (Lipinski definition) is 8. The Bertz CT molecular complexity index is 1450. The van der Waals surface area contributed by atoms with Gasteiger partial charge >= 0.3 is 0 Å². The number of nitrogens with one attached hydrogen (secondary N) is 1. The van der Waals surface area contributed by atoms with Gasteiger partial charge < -0.3 is 40.3 Å². The predicted octanol–water partition coefficient (Wildman–Crippen LogP) is 20.0. The topological polar surface area (TPSA) is 149 Å². The fraction of sp³-hybridized carbons (Fsp3) is 0.878. The number of allylic oxidation sites excluding steroid dienone is 7. The van der Waals surface area contributed by atoms with Crippen molar-refractivity contribution in [1.29, 1.82) is 0 Å². The third-order valence-corrected chi connectivity index (χ3v) is 17.4. The molecule has 1 aliphatic rings. The standard InChI is InChI=1S/C74H139NO8/c1-3-5-7-9-11-13-15-17-19-21-23-25-27-28-29-30-31-32-33-34-35-36-37-38-39-40-42-44-46-48-50-52-54-56-58-60-62-64-70(78)75-67(66-82-74-73(81)72(80)71(79)69(65-76)83-74)68(77)63-61-59-57-55-53-51-49-47-45-43-41-26-24-22-20-18-16-14-12-10-8-6-4-2/h29-30,32-33,53,55,61,63,67-69,71-74,76-77,79-81H,3-28,31,34-52,54,56-60,62,64-66H2,1-2H3,(H,75,78)/b30-29-,33-32-,55-53+,63-61+. The molecule has 1 aliphatic heterocycles. The minimum atomic E-state index is -1.57. The average Bonchev–Trinajstić information content (AvgIpc) is 3.60.